The van der Waals surface area contributed by atoms with Gasteiger partial charge < -0.3 is 5.40 Å². The lowest BCUT2D eigenvalue weighted by Crippen LogP contribution is -1.75. The summed E-state index contributed by atoms with van der Waals surface area (Å²) >= 11 is 4.71. The molecule has 0 unspecified atom stereocenters. The van der Waals surface area contributed by atoms with E-state index < -0.39 is 5.24 Å². The Morgan fingerprint density at radius 3 is 2.00 bits per heavy atom. The van der Waals surface area contributed by atoms with E-state index in [0.717, 1.165) is 16.5 Å². The molecule has 0 saturated carbocycles. The lowest BCUT2D eigenvalue weighted by atomic mass is 10.7. The average molecular weight is 138 g/mol. The summed E-state index contributed by atoms with van der Waals surface area (Å²) in [5.74, 6) is 0. The predicted molar refractivity (Wildman–Crippen MR) is 35.2 cm³/mol. The summed E-state index contributed by atoms with van der Waals surface area (Å²) in [4.78, 5) is 9.46. The number of allylic oxidation sites excluding steroid dienone is 1. The molecule has 0 radical (unpaired) electrons. The topological polar surface area (TPSA) is 43.1 Å². The first-order chi connectivity index (χ1) is 3.27. The van der Waals surface area contributed by atoms with E-state index in [0.29, 0.717) is 0 Å². The summed E-state index contributed by atoms with van der Waals surface area (Å²) in [6.45, 7) is 3.08. The van der Waals surface area contributed by atoms with Crippen molar-refractivity contribution in [3.05, 3.63) is 12.7 Å². The molecule has 0 aliphatic heterocycles. The van der Waals surface area contributed by atoms with Crippen LogP contribution in [0, 0.1) is 0 Å². The number of halogens is 1. The Labute approximate surface area is 50.8 Å². The summed E-state index contributed by atoms with van der Waals surface area (Å²) < 4.78 is 0. The number of hydrogen-bond donors (Lipinski definition) is 1. The first kappa shape index (κ1) is 9.99. The first-order valence-corrected chi connectivity index (χ1v) is 3.20. The number of hydrogen-bond acceptors (Lipinski definition) is 2. The van der Waals surface area contributed by atoms with E-state index in [2.05, 4.69) is 12.0 Å². The third-order valence-electron chi connectivity index (χ3n) is 0.160. The zero-order valence-electron chi connectivity index (χ0n) is 4.15. The molecule has 0 aliphatic carbocycles. The Hall–Kier alpha value is -0.123. The monoisotopic (exact) mass is 137 g/mol. The highest BCUT2D eigenvalue weighted by atomic mass is 35.5. The molecule has 0 heterocycles. The Morgan fingerprint density at radius 1 is 1.86 bits per heavy atom. The maximum Gasteiger partial charge on any atom is 0.244 e. The second kappa shape index (κ2) is 9.30. The van der Waals surface area contributed by atoms with Crippen LogP contribution in [0.1, 0.15) is 0 Å². The van der Waals surface area contributed by atoms with E-state index in [9.17, 15) is 4.79 Å². The molecule has 7 heavy (non-hydrogen) atoms. The Bertz CT molecular complexity index is 66.0. The molecule has 0 bridgehead atoms. The van der Waals surface area contributed by atoms with Crippen LogP contribution < -0.4 is 5.40 Å². The van der Waals surface area contributed by atoms with Crippen LogP contribution in [0.4, 0.5) is 0 Å². The molecular weight excluding hydrogens is 130 g/mol. The van der Waals surface area contributed by atoms with Crippen LogP contribution in [0.2, 0.25) is 0 Å². The van der Waals surface area contributed by atoms with Crippen molar-refractivity contribution in [1.29, 1.82) is 0 Å². The third-order valence-corrected chi connectivity index (χ3v) is 0.315. The first-order valence-electron chi connectivity index (χ1n) is 1.67. The minimum atomic E-state index is -0.509. The maximum atomic E-state index is 9.46. The van der Waals surface area contributed by atoms with Gasteiger partial charge in [0.05, 0.1) is 10.4 Å². The van der Waals surface area contributed by atoms with Gasteiger partial charge in [0.2, 0.25) is 5.24 Å². The molecule has 0 amide bonds. The minimum absolute atomic E-state index is 0.509. The van der Waals surface area contributed by atoms with Gasteiger partial charge in [0.15, 0.2) is 0 Å². The summed E-state index contributed by atoms with van der Waals surface area (Å²) in [6, 6.07) is 0. The van der Waals surface area contributed by atoms with Crippen LogP contribution in [0.5, 0.6) is 0 Å². The summed E-state index contributed by atoms with van der Waals surface area (Å²) in [7, 11) is 0.806. The zero-order chi connectivity index (χ0) is 6.28. The average Bonchev–Trinajstić information content (AvgIpc) is 1.73. The summed E-state index contributed by atoms with van der Waals surface area (Å²) in [6.07, 6.45) is 1.04. The van der Waals surface area contributed by atoms with Crippen molar-refractivity contribution in [3.8, 4) is 0 Å². The third kappa shape index (κ3) is 25.1. The van der Waals surface area contributed by atoms with Crippen molar-refractivity contribution in [3.63, 3.8) is 0 Å². The fourth-order valence-corrected chi connectivity index (χ4v) is 0. The van der Waals surface area contributed by atoms with Crippen LogP contribution in [0.15, 0.2) is 12.7 Å². The van der Waals surface area contributed by atoms with Crippen LogP contribution in [-0.2, 0) is 4.79 Å². The lowest BCUT2D eigenvalue weighted by molar-refractivity contribution is -0.107. The summed E-state index contributed by atoms with van der Waals surface area (Å²) in [5.41, 5.74) is 0. The second-order valence-corrected chi connectivity index (χ2v) is 0.881. The van der Waals surface area contributed by atoms with Crippen LogP contribution in [0.3, 0.4) is 0 Å². The van der Waals surface area contributed by atoms with E-state index in [-0.39, 0.29) is 0 Å². The van der Waals surface area contributed by atoms with Crippen LogP contribution in [0.25, 0.3) is 0 Å². The van der Waals surface area contributed by atoms with Crippen molar-refractivity contribution in [2.75, 3.05) is 0 Å². The van der Waals surface area contributed by atoms with Gasteiger partial charge in [0, 0.05) is 0 Å². The van der Waals surface area contributed by atoms with Crippen molar-refractivity contribution >= 4 is 27.2 Å². The highest BCUT2D eigenvalue weighted by Gasteiger charge is 1.74. The molecule has 0 aromatic carbocycles. The standard InChI is InChI=1S/C3H3ClO.H5NSi/c1-2-3(4)5;1-2/h2H,1H2;1H2,2H3. The van der Waals surface area contributed by atoms with Gasteiger partial charge in [-0.15, -0.1) is 0 Å². The van der Waals surface area contributed by atoms with Gasteiger partial charge in [-0.3, -0.25) is 4.79 Å². The van der Waals surface area contributed by atoms with Gasteiger partial charge in [-0.2, -0.15) is 0 Å². The normalized spacial score (nSPS) is 6.00. The fourth-order valence-electron chi connectivity index (χ4n) is 0. The molecule has 0 rings (SSSR count). The molecule has 0 spiro atoms. The highest BCUT2D eigenvalue weighted by Crippen LogP contribution is 1.74. The van der Waals surface area contributed by atoms with Gasteiger partial charge in [-0.05, 0) is 17.7 Å². The van der Waals surface area contributed by atoms with Gasteiger partial charge >= 0.3 is 0 Å². The number of rotatable bonds is 1. The molecule has 2 nitrogen and oxygen atoms in total. The molecule has 0 saturated heterocycles. The zero-order valence-corrected chi connectivity index (χ0v) is 6.90. The molecule has 4 heteroatoms. The molecule has 0 aliphatic rings. The van der Waals surface area contributed by atoms with Gasteiger partial charge in [0.1, 0.15) is 0 Å². The SMILES string of the molecule is C=CC(=O)Cl.N[SiH3]. The highest BCUT2D eigenvalue weighted by molar-refractivity contribution is 6.66. The van der Waals surface area contributed by atoms with E-state index in [1.165, 1.54) is 0 Å². The van der Waals surface area contributed by atoms with Crippen molar-refractivity contribution in [1.82, 2.24) is 0 Å². The number of carbonyl (C=O) groups is 1. The molecule has 42 valence electrons. The molecule has 0 fully saturated rings. The minimum Gasteiger partial charge on any atom is -0.358 e. The van der Waals surface area contributed by atoms with Crippen molar-refractivity contribution < 1.29 is 4.79 Å². The maximum absolute atomic E-state index is 9.46. The lowest BCUT2D eigenvalue weighted by Gasteiger charge is -1.59. The molecule has 2 N–H and O–H groups in total. The Balaban J connectivity index is 0. The van der Waals surface area contributed by atoms with Crippen LogP contribution in [-0.4, -0.2) is 15.6 Å². The number of nitrogens with two attached hydrogens (primary N) is 1. The molecule has 0 aromatic heterocycles. The summed E-state index contributed by atoms with van der Waals surface area (Å²) in [5, 5.41) is 4.13. The van der Waals surface area contributed by atoms with Gasteiger partial charge in [-0.25, -0.2) is 0 Å². The van der Waals surface area contributed by atoms with Gasteiger partial charge in [-0.1, -0.05) is 6.58 Å². The largest absolute Gasteiger partial charge is 0.358 e. The molecule has 0 aromatic rings. The van der Waals surface area contributed by atoms with Crippen molar-refractivity contribution in [2.45, 2.75) is 0 Å². The quantitative estimate of drug-likeness (QED) is 0.291. The Morgan fingerprint density at radius 2 is 2.00 bits per heavy atom. The van der Waals surface area contributed by atoms with Gasteiger partial charge in [0.25, 0.3) is 0 Å². The van der Waals surface area contributed by atoms with Crippen molar-refractivity contribution in [2.24, 2.45) is 5.40 Å². The molecule has 0 atom stereocenters. The smallest absolute Gasteiger partial charge is 0.244 e. The predicted octanol–water partition coefficient (Wildman–Crippen LogP) is -0.837. The van der Waals surface area contributed by atoms with E-state index in [4.69, 9.17) is 11.6 Å². The molecular formula is C3H8ClNOSi. The van der Waals surface area contributed by atoms with E-state index >= 15 is 0 Å². The van der Waals surface area contributed by atoms with Crippen LogP contribution >= 0.6 is 11.6 Å². The van der Waals surface area contributed by atoms with E-state index in [1.54, 1.807) is 0 Å². The number of carbonyl (C=O) groups excluding carboxylic acids is 1. The Kier molecular flexibility index (Phi) is 13.3. The fraction of sp³-hybridized carbons (Fsp3) is 0. The second-order valence-electron chi connectivity index (χ2n) is 0.508. The van der Waals surface area contributed by atoms with E-state index in [1.807, 2.05) is 0 Å².